The van der Waals surface area contributed by atoms with Crippen molar-refractivity contribution in [3.8, 4) is 5.75 Å². The van der Waals surface area contributed by atoms with E-state index in [-0.39, 0.29) is 5.78 Å². The van der Waals surface area contributed by atoms with E-state index in [1.807, 2.05) is 25.1 Å². The molecule has 2 heterocycles. The summed E-state index contributed by atoms with van der Waals surface area (Å²) in [5, 5.41) is 0. The zero-order valence-electron chi connectivity index (χ0n) is 18.1. The first-order valence-corrected chi connectivity index (χ1v) is 10.3. The van der Waals surface area contributed by atoms with Gasteiger partial charge in [0.2, 0.25) is 0 Å². The van der Waals surface area contributed by atoms with Gasteiger partial charge in [0, 0.05) is 63.3 Å². The van der Waals surface area contributed by atoms with E-state index in [1.54, 1.807) is 14.2 Å². The molecule has 1 aliphatic rings. The molecule has 0 atom stereocenters. The van der Waals surface area contributed by atoms with E-state index in [0.717, 1.165) is 62.0 Å². The molecule has 6 nitrogen and oxygen atoms in total. The van der Waals surface area contributed by atoms with Gasteiger partial charge in [-0.25, -0.2) is 0 Å². The first-order valence-electron chi connectivity index (χ1n) is 10.3. The average Bonchev–Trinajstić information content (AvgIpc) is 3.02. The van der Waals surface area contributed by atoms with Gasteiger partial charge in [0.05, 0.1) is 20.3 Å². The monoisotopic (exact) mass is 399 g/mol. The van der Waals surface area contributed by atoms with Gasteiger partial charge in [-0.2, -0.15) is 0 Å². The molecule has 6 heteroatoms. The van der Waals surface area contributed by atoms with Gasteiger partial charge in [0.15, 0.2) is 5.78 Å². The zero-order valence-corrected chi connectivity index (χ0v) is 18.1. The van der Waals surface area contributed by atoms with E-state index in [9.17, 15) is 4.79 Å². The molecular weight excluding hydrogens is 366 g/mol. The molecule has 1 saturated heterocycles. The van der Waals surface area contributed by atoms with Crippen LogP contribution in [-0.4, -0.2) is 73.7 Å². The number of hydrogen-bond donors (Lipinski definition) is 0. The van der Waals surface area contributed by atoms with Crippen molar-refractivity contribution in [2.45, 2.75) is 26.9 Å². The highest BCUT2D eigenvalue weighted by atomic mass is 16.5. The molecule has 0 amide bonds. The number of ether oxygens (including phenoxy) is 2. The van der Waals surface area contributed by atoms with Gasteiger partial charge in [-0.15, -0.1) is 0 Å². The summed E-state index contributed by atoms with van der Waals surface area (Å²) < 4.78 is 12.6. The van der Waals surface area contributed by atoms with Crippen LogP contribution in [0.2, 0.25) is 0 Å². The number of aryl methyl sites for hydroxylation is 1. The number of Topliss-reactive ketones (excluding diaryl/α,β-unsaturated/α-hetero) is 1. The second kappa shape index (κ2) is 10.1. The number of methoxy groups -OCH3 is 2. The van der Waals surface area contributed by atoms with Gasteiger partial charge in [0.25, 0.3) is 0 Å². The Kier molecular flexibility index (Phi) is 7.47. The normalized spacial score (nSPS) is 15.6. The number of ketones is 1. The molecular formula is C23H33N3O3. The predicted octanol–water partition coefficient (Wildman–Crippen LogP) is 2.76. The highest BCUT2D eigenvalue weighted by molar-refractivity contribution is 5.99. The van der Waals surface area contributed by atoms with Crippen molar-refractivity contribution in [3.63, 3.8) is 0 Å². The number of carbonyl (C=O) groups excluding carboxylic acids is 1. The molecule has 158 valence electrons. The summed E-state index contributed by atoms with van der Waals surface area (Å²) in [7, 11) is 3.39. The maximum absolute atomic E-state index is 12.9. The van der Waals surface area contributed by atoms with Crippen LogP contribution in [0.15, 0.2) is 30.3 Å². The number of aromatic nitrogens is 1. The van der Waals surface area contributed by atoms with Gasteiger partial charge in [-0.3, -0.25) is 14.6 Å². The van der Waals surface area contributed by atoms with Crippen LogP contribution in [0, 0.1) is 13.8 Å². The first-order chi connectivity index (χ1) is 14.0. The van der Waals surface area contributed by atoms with Crippen LogP contribution in [0.1, 0.15) is 27.3 Å². The minimum absolute atomic E-state index is 0.213. The number of nitrogens with zero attached hydrogens (tertiary/aromatic N) is 3. The topological polar surface area (TPSA) is 46.9 Å². The highest BCUT2D eigenvalue weighted by Crippen LogP contribution is 2.18. The lowest BCUT2D eigenvalue weighted by atomic mass is 10.1. The number of benzene rings is 1. The molecule has 1 aromatic carbocycles. The third-order valence-electron chi connectivity index (χ3n) is 5.79. The Balaban J connectivity index is 1.50. The zero-order chi connectivity index (χ0) is 20.8. The standard InChI is InChI=1S/C23H33N3O3/c1-18-15-22(19(2)26(18)13-14-28-3)23(27)17-25-11-9-24(10-12-25)16-20-5-7-21(29-4)8-6-20/h5-8,15H,9-14,16-17H2,1-4H3. The molecule has 1 fully saturated rings. The van der Waals surface area contributed by atoms with Gasteiger partial charge in [-0.1, -0.05) is 12.1 Å². The van der Waals surface area contributed by atoms with Crippen LogP contribution in [0.4, 0.5) is 0 Å². The van der Waals surface area contributed by atoms with E-state index in [0.29, 0.717) is 13.2 Å². The lowest BCUT2D eigenvalue weighted by Crippen LogP contribution is -2.47. The van der Waals surface area contributed by atoms with Crippen molar-refractivity contribution in [2.75, 3.05) is 53.6 Å². The van der Waals surface area contributed by atoms with E-state index in [4.69, 9.17) is 9.47 Å². The Morgan fingerprint density at radius 3 is 2.28 bits per heavy atom. The Labute approximate surface area is 174 Å². The minimum atomic E-state index is 0.213. The van der Waals surface area contributed by atoms with E-state index < -0.39 is 0 Å². The number of carbonyl (C=O) groups is 1. The van der Waals surface area contributed by atoms with Crippen LogP contribution in [-0.2, 0) is 17.8 Å². The van der Waals surface area contributed by atoms with Crippen LogP contribution >= 0.6 is 0 Å². The Hall–Kier alpha value is -2.15. The largest absolute Gasteiger partial charge is 0.497 e. The first kappa shape index (κ1) is 21.6. The van der Waals surface area contributed by atoms with Crippen molar-refractivity contribution in [1.29, 1.82) is 0 Å². The molecule has 3 rings (SSSR count). The van der Waals surface area contributed by atoms with Crippen molar-refractivity contribution in [2.24, 2.45) is 0 Å². The van der Waals surface area contributed by atoms with Crippen molar-refractivity contribution >= 4 is 5.78 Å². The molecule has 29 heavy (non-hydrogen) atoms. The van der Waals surface area contributed by atoms with Crippen molar-refractivity contribution < 1.29 is 14.3 Å². The summed E-state index contributed by atoms with van der Waals surface area (Å²) in [6.07, 6.45) is 0. The van der Waals surface area contributed by atoms with Crippen molar-refractivity contribution in [3.05, 3.63) is 52.8 Å². The fourth-order valence-electron chi connectivity index (χ4n) is 3.99. The van der Waals surface area contributed by atoms with E-state index in [1.165, 1.54) is 5.56 Å². The molecule has 0 saturated carbocycles. The van der Waals surface area contributed by atoms with Crippen LogP contribution in [0.3, 0.4) is 0 Å². The second-order valence-electron chi connectivity index (χ2n) is 7.75. The summed E-state index contributed by atoms with van der Waals surface area (Å²) >= 11 is 0. The molecule has 0 radical (unpaired) electrons. The number of piperazine rings is 1. The number of rotatable bonds is 9. The Morgan fingerprint density at radius 1 is 1.00 bits per heavy atom. The average molecular weight is 400 g/mol. The van der Waals surface area contributed by atoms with Gasteiger partial charge in [-0.05, 0) is 37.6 Å². The summed E-state index contributed by atoms with van der Waals surface area (Å²) in [6, 6.07) is 10.3. The van der Waals surface area contributed by atoms with Crippen LogP contribution in [0.25, 0.3) is 0 Å². The van der Waals surface area contributed by atoms with Gasteiger partial charge in [0.1, 0.15) is 5.75 Å². The third kappa shape index (κ3) is 5.47. The summed E-state index contributed by atoms with van der Waals surface area (Å²) in [4.78, 5) is 17.6. The lowest BCUT2D eigenvalue weighted by Gasteiger charge is -2.34. The fraction of sp³-hybridized carbons (Fsp3) is 0.522. The van der Waals surface area contributed by atoms with E-state index in [2.05, 4.69) is 33.4 Å². The molecule has 0 spiro atoms. The molecule has 0 bridgehead atoms. The molecule has 2 aromatic rings. The van der Waals surface area contributed by atoms with Crippen molar-refractivity contribution in [1.82, 2.24) is 14.4 Å². The van der Waals surface area contributed by atoms with Gasteiger partial charge < -0.3 is 14.0 Å². The smallest absolute Gasteiger partial charge is 0.178 e. The lowest BCUT2D eigenvalue weighted by molar-refractivity contribution is 0.0843. The maximum Gasteiger partial charge on any atom is 0.178 e. The molecule has 0 aliphatic carbocycles. The maximum atomic E-state index is 12.9. The highest BCUT2D eigenvalue weighted by Gasteiger charge is 2.22. The van der Waals surface area contributed by atoms with Gasteiger partial charge >= 0.3 is 0 Å². The summed E-state index contributed by atoms with van der Waals surface area (Å²) in [5.74, 6) is 1.10. The fourth-order valence-corrected chi connectivity index (χ4v) is 3.99. The molecule has 1 aliphatic heterocycles. The molecule has 1 aromatic heterocycles. The third-order valence-corrected chi connectivity index (χ3v) is 5.79. The predicted molar refractivity (Wildman–Crippen MR) is 115 cm³/mol. The molecule has 0 N–H and O–H groups in total. The second-order valence-corrected chi connectivity index (χ2v) is 7.75. The van der Waals surface area contributed by atoms with Crippen LogP contribution < -0.4 is 4.74 Å². The van der Waals surface area contributed by atoms with E-state index >= 15 is 0 Å². The summed E-state index contributed by atoms with van der Waals surface area (Å²) in [6.45, 7) is 10.7. The van der Waals surface area contributed by atoms with Crippen LogP contribution in [0.5, 0.6) is 5.75 Å². The minimum Gasteiger partial charge on any atom is -0.497 e. The quantitative estimate of drug-likeness (QED) is 0.607. The Bertz CT molecular complexity index is 806. The number of hydrogen-bond acceptors (Lipinski definition) is 5. The molecule has 0 unspecified atom stereocenters. The SMILES string of the molecule is COCCn1c(C)cc(C(=O)CN2CCN(Cc3ccc(OC)cc3)CC2)c1C. The summed E-state index contributed by atoms with van der Waals surface area (Å²) in [5.41, 5.74) is 4.30. The Morgan fingerprint density at radius 2 is 1.66 bits per heavy atom.